The molecule has 0 aliphatic rings. The van der Waals surface area contributed by atoms with E-state index < -0.39 is 38.2 Å². The fourth-order valence-corrected chi connectivity index (χ4v) is 6.18. The van der Waals surface area contributed by atoms with E-state index in [1.54, 1.807) is 18.2 Å². The number of alkyl halides is 6. The molecule has 0 N–H and O–H groups in total. The van der Waals surface area contributed by atoms with Crippen LogP contribution in [0.15, 0.2) is 91.0 Å². The van der Waals surface area contributed by atoms with Crippen molar-refractivity contribution in [3.8, 4) is 0 Å². The molecule has 0 unspecified atom stereocenters. The number of nitrogens with zero attached hydrogens (tertiary/aromatic N) is 2. The highest BCUT2D eigenvalue weighted by atomic mass is 31.1. The van der Waals surface area contributed by atoms with Gasteiger partial charge in [-0.05, 0) is 42.2 Å². The molecule has 0 fully saturated rings. The minimum atomic E-state index is -4.96. The molecule has 182 valence electrons. The first-order valence-electron chi connectivity index (χ1n) is 10.8. The van der Waals surface area contributed by atoms with E-state index in [0.717, 1.165) is 11.7 Å². The van der Waals surface area contributed by atoms with Crippen LogP contribution in [0.1, 0.15) is 22.5 Å². The van der Waals surface area contributed by atoms with Crippen LogP contribution < -0.4 is 10.6 Å². The molecule has 0 amide bonds. The SMILES string of the molecule is FC(F)(F)c1cc(C(F)(F)F)n(Cc2cccc(CCP(c3ccccc3)c3ccccc3)c2)n1. The fraction of sp³-hybridized carbons (Fsp3) is 0.192. The second-order valence-corrected chi connectivity index (χ2v) is 10.3. The van der Waals surface area contributed by atoms with Crippen LogP contribution >= 0.6 is 7.92 Å². The van der Waals surface area contributed by atoms with Gasteiger partial charge in [-0.1, -0.05) is 84.9 Å². The normalized spacial score (nSPS) is 12.3. The van der Waals surface area contributed by atoms with Gasteiger partial charge in [0, 0.05) is 6.07 Å². The molecule has 0 aliphatic heterocycles. The maximum Gasteiger partial charge on any atom is 0.435 e. The van der Waals surface area contributed by atoms with Gasteiger partial charge >= 0.3 is 12.4 Å². The lowest BCUT2D eigenvalue weighted by molar-refractivity contribution is -0.144. The molecule has 1 heterocycles. The Morgan fingerprint density at radius 3 is 1.77 bits per heavy atom. The van der Waals surface area contributed by atoms with E-state index in [9.17, 15) is 26.3 Å². The van der Waals surface area contributed by atoms with Gasteiger partial charge in [-0.3, -0.25) is 4.68 Å². The van der Waals surface area contributed by atoms with Gasteiger partial charge in [-0.15, -0.1) is 0 Å². The van der Waals surface area contributed by atoms with Crippen LogP contribution in [0, 0.1) is 0 Å². The highest BCUT2D eigenvalue weighted by molar-refractivity contribution is 7.73. The smallest absolute Gasteiger partial charge is 0.255 e. The molecule has 35 heavy (non-hydrogen) atoms. The van der Waals surface area contributed by atoms with Crippen molar-refractivity contribution in [2.45, 2.75) is 25.3 Å². The molecule has 4 aromatic rings. The van der Waals surface area contributed by atoms with Crippen molar-refractivity contribution in [3.63, 3.8) is 0 Å². The van der Waals surface area contributed by atoms with E-state index in [0.29, 0.717) is 16.7 Å². The zero-order chi connectivity index (χ0) is 25.1. The Balaban J connectivity index is 1.55. The minimum Gasteiger partial charge on any atom is -0.255 e. The summed E-state index contributed by atoms with van der Waals surface area (Å²) in [6.45, 7) is -0.412. The molecule has 0 atom stereocenters. The Bertz CT molecular complexity index is 1210. The maximum atomic E-state index is 13.3. The summed E-state index contributed by atoms with van der Waals surface area (Å²) in [5.41, 5.74) is -1.63. The number of aryl methyl sites for hydroxylation is 1. The van der Waals surface area contributed by atoms with Crippen LogP contribution in [0.2, 0.25) is 0 Å². The molecule has 3 aromatic carbocycles. The van der Waals surface area contributed by atoms with Crippen molar-refractivity contribution in [3.05, 3.63) is 114 Å². The first-order valence-corrected chi connectivity index (χ1v) is 12.3. The molecule has 1 aromatic heterocycles. The molecule has 0 saturated heterocycles. The molecule has 2 nitrogen and oxygen atoms in total. The average molecular weight is 506 g/mol. The minimum absolute atomic E-state index is 0.0524. The zero-order valence-corrected chi connectivity index (χ0v) is 19.3. The number of hydrogen-bond donors (Lipinski definition) is 0. The number of halogens is 6. The van der Waals surface area contributed by atoms with Crippen LogP contribution in [0.4, 0.5) is 26.3 Å². The first kappa shape index (κ1) is 25.0. The van der Waals surface area contributed by atoms with E-state index >= 15 is 0 Å². The molecule has 0 bridgehead atoms. The topological polar surface area (TPSA) is 17.8 Å². The number of rotatable bonds is 7. The molecule has 9 heteroatoms. The molecule has 4 rings (SSSR count). The Labute approximate surface area is 200 Å². The van der Waals surface area contributed by atoms with Crippen molar-refractivity contribution in [2.24, 2.45) is 0 Å². The second kappa shape index (κ2) is 10.2. The summed E-state index contributed by atoms with van der Waals surface area (Å²) >= 11 is 0. The van der Waals surface area contributed by atoms with Crippen LogP contribution in [0.25, 0.3) is 0 Å². The third-order valence-electron chi connectivity index (χ3n) is 5.44. The highest BCUT2D eigenvalue weighted by Crippen LogP contribution is 2.36. The third kappa shape index (κ3) is 6.31. The van der Waals surface area contributed by atoms with E-state index in [-0.39, 0.29) is 6.07 Å². The van der Waals surface area contributed by atoms with Gasteiger partial charge in [0.05, 0.1) is 6.54 Å². The molecule has 0 radical (unpaired) electrons. The van der Waals surface area contributed by atoms with Crippen LogP contribution in [-0.4, -0.2) is 15.9 Å². The Hall–Kier alpha value is -3.12. The van der Waals surface area contributed by atoms with Crippen LogP contribution in [0.3, 0.4) is 0 Å². The second-order valence-electron chi connectivity index (χ2n) is 7.96. The fourth-order valence-electron chi connectivity index (χ4n) is 3.82. The Kier molecular flexibility index (Phi) is 7.31. The lowest BCUT2D eigenvalue weighted by Gasteiger charge is -2.19. The van der Waals surface area contributed by atoms with E-state index in [4.69, 9.17) is 0 Å². The predicted molar refractivity (Wildman–Crippen MR) is 125 cm³/mol. The molecule has 0 saturated carbocycles. The van der Waals surface area contributed by atoms with Gasteiger partial charge < -0.3 is 0 Å². The lowest BCUT2D eigenvalue weighted by Crippen LogP contribution is -2.16. The van der Waals surface area contributed by atoms with Crippen molar-refractivity contribution in [1.29, 1.82) is 0 Å². The number of aromatic nitrogens is 2. The Morgan fingerprint density at radius 1 is 0.657 bits per heavy atom. The van der Waals surface area contributed by atoms with Crippen molar-refractivity contribution < 1.29 is 26.3 Å². The maximum absolute atomic E-state index is 13.3. The summed E-state index contributed by atoms with van der Waals surface area (Å²) in [5, 5.41) is 5.64. The lowest BCUT2D eigenvalue weighted by atomic mass is 10.1. The largest absolute Gasteiger partial charge is 0.435 e. The summed E-state index contributed by atoms with van der Waals surface area (Å²) in [7, 11) is -0.654. The Morgan fingerprint density at radius 2 is 1.23 bits per heavy atom. The van der Waals surface area contributed by atoms with Gasteiger partial charge in [0.15, 0.2) is 5.69 Å². The van der Waals surface area contributed by atoms with Gasteiger partial charge in [0.2, 0.25) is 0 Å². The summed E-state index contributed by atoms with van der Waals surface area (Å²) in [4.78, 5) is 0. The summed E-state index contributed by atoms with van der Waals surface area (Å²) in [5.74, 6) is 0. The van der Waals surface area contributed by atoms with E-state index in [1.165, 1.54) is 10.6 Å². The summed E-state index contributed by atoms with van der Waals surface area (Å²) < 4.78 is 79.4. The quantitative estimate of drug-likeness (QED) is 0.203. The summed E-state index contributed by atoms with van der Waals surface area (Å²) in [6, 6.07) is 27.2. The third-order valence-corrected chi connectivity index (χ3v) is 7.96. The highest BCUT2D eigenvalue weighted by Gasteiger charge is 2.41. The molecule has 0 spiro atoms. The monoisotopic (exact) mass is 506 g/mol. The zero-order valence-electron chi connectivity index (χ0n) is 18.4. The standard InChI is InChI=1S/C26H21F6N2P/c27-25(28,29)23-17-24(26(30,31)32)34(33-23)18-20-9-7-8-19(16-20)14-15-35(21-10-3-1-4-11-21)22-12-5-2-6-13-22/h1-13,16-17H,14-15,18H2. The van der Waals surface area contributed by atoms with Gasteiger partial charge in [0.25, 0.3) is 0 Å². The van der Waals surface area contributed by atoms with Gasteiger partial charge in [-0.25, -0.2) is 0 Å². The number of hydrogen-bond acceptors (Lipinski definition) is 1. The van der Waals surface area contributed by atoms with Gasteiger partial charge in [-0.2, -0.15) is 31.4 Å². The van der Waals surface area contributed by atoms with E-state index in [1.807, 2.05) is 42.5 Å². The molecule has 0 aliphatic carbocycles. The van der Waals surface area contributed by atoms with Crippen molar-refractivity contribution in [2.75, 3.05) is 6.16 Å². The van der Waals surface area contributed by atoms with Crippen molar-refractivity contribution in [1.82, 2.24) is 9.78 Å². The number of benzene rings is 3. The average Bonchev–Trinajstić information content (AvgIpc) is 3.26. The predicted octanol–water partition coefficient (Wildman–Crippen LogP) is 6.64. The summed E-state index contributed by atoms with van der Waals surface area (Å²) in [6.07, 6.45) is -8.42. The molecular weight excluding hydrogens is 485 g/mol. The molecular formula is C26H21F6N2P. The van der Waals surface area contributed by atoms with Crippen LogP contribution in [0.5, 0.6) is 0 Å². The first-order chi connectivity index (χ1) is 16.6. The van der Waals surface area contributed by atoms with Crippen molar-refractivity contribution >= 4 is 18.5 Å². The van der Waals surface area contributed by atoms with Gasteiger partial charge in [0.1, 0.15) is 5.69 Å². The van der Waals surface area contributed by atoms with E-state index in [2.05, 4.69) is 29.4 Å². The van der Waals surface area contributed by atoms with Crippen LogP contribution in [-0.2, 0) is 25.3 Å².